The molecule has 0 aliphatic heterocycles. The molecular formula is C49H44. The fourth-order valence-electron chi connectivity index (χ4n) is 8.73. The molecule has 0 heteroatoms. The van der Waals surface area contributed by atoms with Crippen LogP contribution in [-0.2, 0) is 25.7 Å². The van der Waals surface area contributed by atoms with Gasteiger partial charge in [0, 0.05) is 5.41 Å². The van der Waals surface area contributed by atoms with Gasteiger partial charge in [-0.2, -0.15) is 0 Å². The van der Waals surface area contributed by atoms with Gasteiger partial charge in [0.15, 0.2) is 0 Å². The molecule has 0 aromatic heterocycles. The van der Waals surface area contributed by atoms with Crippen molar-refractivity contribution in [3.8, 4) is 22.3 Å². The first-order valence-corrected chi connectivity index (χ1v) is 17.8. The van der Waals surface area contributed by atoms with Crippen LogP contribution in [0.3, 0.4) is 0 Å². The molecule has 0 saturated heterocycles. The summed E-state index contributed by atoms with van der Waals surface area (Å²) in [6.45, 7) is 8.84. The molecule has 0 fully saturated rings. The maximum Gasteiger partial charge on any atom is 0.0214 e. The van der Waals surface area contributed by atoms with E-state index in [2.05, 4.69) is 173 Å². The molecule has 0 atom stereocenters. The highest BCUT2D eigenvalue weighted by Gasteiger charge is 2.42. The highest BCUT2D eigenvalue weighted by Crippen LogP contribution is 2.52. The van der Waals surface area contributed by atoms with Gasteiger partial charge in [-0.05, 0) is 109 Å². The van der Waals surface area contributed by atoms with Gasteiger partial charge in [-0.25, -0.2) is 0 Å². The molecule has 0 nitrogen and oxygen atoms in total. The molecule has 0 unspecified atom stereocenters. The van der Waals surface area contributed by atoms with E-state index in [-0.39, 0.29) is 5.41 Å². The predicted octanol–water partition coefficient (Wildman–Crippen LogP) is 12.3. The Labute approximate surface area is 292 Å². The van der Waals surface area contributed by atoms with E-state index in [1.54, 1.807) is 0 Å². The van der Waals surface area contributed by atoms with Crippen molar-refractivity contribution >= 4 is 12.2 Å². The number of aryl methyl sites for hydroxylation is 4. The van der Waals surface area contributed by atoms with Crippen LogP contribution in [0.25, 0.3) is 34.4 Å². The first kappa shape index (κ1) is 31.1. The predicted molar refractivity (Wildman–Crippen MR) is 209 cm³/mol. The summed E-state index contributed by atoms with van der Waals surface area (Å²) in [7, 11) is 0. The zero-order valence-corrected chi connectivity index (χ0v) is 29.2. The van der Waals surface area contributed by atoms with Crippen LogP contribution < -0.4 is 0 Å². The van der Waals surface area contributed by atoms with E-state index < -0.39 is 0 Å². The average molecular weight is 633 g/mol. The largest absolute Gasteiger partial charge is 0.0622 e. The SMILES string of the molecule is Cc1cc(C)cc(-c2cccc3c2C=C(C(Cc2ccccc2)(Cc2ccccc2)C2=Cc4c(cccc4-c4cc(C)cc(C)c4)C2)C3)c1. The normalized spacial score (nSPS) is 13.6. The maximum absolute atomic E-state index is 2.59. The molecule has 2 aliphatic carbocycles. The first-order chi connectivity index (χ1) is 23.8. The Bertz CT molecular complexity index is 2040. The lowest BCUT2D eigenvalue weighted by Crippen LogP contribution is -2.32. The smallest absolute Gasteiger partial charge is 0.0214 e. The van der Waals surface area contributed by atoms with Gasteiger partial charge in [-0.15, -0.1) is 0 Å². The van der Waals surface area contributed by atoms with E-state index in [0.717, 1.165) is 25.7 Å². The highest BCUT2D eigenvalue weighted by atomic mass is 14.5. The molecule has 49 heavy (non-hydrogen) atoms. The van der Waals surface area contributed by atoms with Crippen molar-refractivity contribution in [1.29, 1.82) is 0 Å². The van der Waals surface area contributed by atoms with Gasteiger partial charge < -0.3 is 0 Å². The number of hydrogen-bond acceptors (Lipinski definition) is 0. The molecule has 0 spiro atoms. The molecule has 2 aliphatic rings. The van der Waals surface area contributed by atoms with Crippen molar-refractivity contribution in [2.75, 3.05) is 0 Å². The topological polar surface area (TPSA) is 0 Å². The van der Waals surface area contributed by atoms with Gasteiger partial charge in [-0.1, -0.05) is 179 Å². The van der Waals surface area contributed by atoms with Crippen molar-refractivity contribution in [2.45, 2.75) is 53.4 Å². The third-order valence-electron chi connectivity index (χ3n) is 10.8. The quantitative estimate of drug-likeness (QED) is 0.157. The molecule has 240 valence electrons. The summed E-state index contributed by atoms with van der Waals surface area (Å²) in [6.07, 6.45) is 9.02. The van der Waals surface area contributed by atoms with E-state index in [1.807, 2.05) is 0 Å². The zero-order valence-electron chi connectivity index (χ0n) is 29.2. The molecule has 0 radical (unpaired) electrons. The summed E-state index contributed by atoms with van der Waals surface area (Å²) in [5, 5.41) is 0. The Morgan fingerprint density at radius 3 is 1.20 bits per heavy atom. The van der Waals surface area contributed by atoms with E-state index in [1.165, 1.54) is 89.0 Å². The van der Waals surface area contributed by atoms with Gasteiger partial charge in [-0.3, -0.25) is 0 Å². The van der Waals surface area contributed by atoms with Crippen molar-refractivity contribution < 1.29 is 0 Å². The first-order valence-electron chi connectivity index (χ1n) is 17.8. The van der Waals surface area contributed by atoms with Crippen LogP contribution in [-0.4, -0.2) is 0 Å². The number of hydrogen-bond donors (Lipinski definition) is 0. The molecule has 6 aromatic rings. The standard InChI is InChI=1S/C49H44/c1-33-21-34(2)24-41(23-33)45-19-11-17-39-27-43(29-47(39)45)49(31-37-13-7-5-8-14-37,32-38-15-9-6-10-16-38)44-28-40-18-12-20-46(48(40)30-44)42-25-35(3)22-36(4)26-42/h5-26,29-30H,27-28,31-32H2,1-4H3. The Kier molecular flexibility index (Phi) is 8.04. The summed E-state index contributed by atoms with van der Waals surface area (Å²) in [4.78, 5) is 0. The fourth-order valence-corrected chi connectivity index (χ4v) is 8.73. The van der Waals surface area contributed by atoms with Crippen LogP contribution in [0.5, 0.6) is 0 Å². The Balaban J connectivity index is 1.34. The van der Waals surface area contributed by atoms with Crippen LogP contribution in [0.1, 0.15) is 55.6 Å². The van der Waals surface area contributed by atoms with Crippen LogP contribution >= 0.6 is 0 Å². The Hall–Kier alpha value is -5.20. The molecule has 8 rings (SSSR count). The van der Waals surface area contributed by atoms with Gasteiger partial charge in [0.1, 0.15) is 0 Å². The van der Waals surface area contributed by atoms with Gasteiger partial charge in [0.25, 0.3) is 0 Å². The third kappa shape index (κ3) is 6.02. The number of rotatable bonds is 8. The second-order valence-corrected chi connectivity index (χ2v) is 14.6. The minimum atomic E-state index is -0.194. The van der Waals surface area contributed by atoms with Crippen LogP contribution in [0.2, 0.25) is 0 Å². The summed E-state index contributed by atoms with van der Waals surface area (Å²) in [5.74, 6) is 0. The summed E-state index contributed by atoms with van der Waals surface area (Å²) in [6, 6.07) is 50.2. The minimum Gasteiger partial charge on any atom is -0.0622 e. The lowest BCUT2D eigenvalue weighted by molar-refractivity contribution is 0.414. The van der Waals surface area contributed by atoms with E-state index in [0.29, 0.717) is 0 Å². The molecule has 0 heterocycles. The second-order valence-electron chi connectivity index (χ2n) is 14.6. The number of fused-ring (bicyclic) bond motifs is 2. The zero-order chi connectivity index (χ0) is 33.5. The number of allylic oxidation sites excluding steroid dienone is 2. The molecular weight excluding hydrogens is 589 g/mol. The van der Waals surface area contributed by atoms with Crippen molar-refractivity contribution in [3.05, 3.63) is 200 Å². The fraction of sp³-hybridized carbons (Fsp3) is 0.184. The van der Waals surface area contributed by atoms with Crippen molar-refractivity contribution in [1.82, 2.24) is 0 Å². The maximum atomic E-state index is 2.59. The Morgan fingerprint density at radius 2 is 0.816 bits per heavy atom. The van der Waals surface area contributed by atoms with Crippen LogP contribution in [0, 0.1) is 33.1 Å². The van der Waals surface area contributed by atoms with Gasteiger partial charge >= 0.3 is 0 Å². The third-order valence-corrected chi connectivity index (χ3v) is 10.8. The highest BCUT2D eigenvalue weighted by molar-refractivity contribution is 5.85. The van der Waals surface area contributed by atoms with E-state index in [9.17, 15) is 0 Å². The average Bonchev–Trinajstić information content (AvgIpc) is 3.74. The van der Waals surface area contributed by atoms with Crippen molar-refractivity contribution in [3.63, 3.8) is 0 Å². The summed E-state index contributed by atoms with van der Waals surface area (Å²) >= 11 is 0. The van der Waals surface area contributed by atoms with Crippen LogP contribution in [0.4, 0.5) is 0 Å². The molecule has 0 N–H and O–H groups in total. The van der Waals surface area contributed by atoms with E-state index >= 15 is 0 Å². The van der Waals surface area contributed by atoms with E-state index in [4.69, 9.17) is 0 Å². The molecule has 0 saturated carbocycles. The molecule has 6 aromatic carbocycles. The minimum absolute atomic E-state index is 0.194. The Morgan fingerprint density at radius 1 is 0.429 bits per heavy atom. The lowest BCUT2D eigenvalue weighted by Gasteiger charge is -2.38. The molecule has 0 amide bonds. The second kappa shape index (κ2) is 12.7. The van der Waals surface area contributed by atoms with Crippen LogP contribution in [0.15, 0.2) is 145 Å². The lowest BCUT2D eigenvalue weighted by atomic mass is 9.65. The summed E-state index contributed by atoms with van der Waals surface area (Å²) < 4.78 is 0. The monoisotopic (exact) mass is 632 g/mol. The number of benzene rings is 6. The molecule has 0 bridgehead atoms. The van der Waals surface area contributed by atoms with Gasteiger partial charge in [0.2, 0.25) is 0 Å². The van der Waals surface area contributed by atoms with Gasteiger partial charge in [0.05, 0.1) is 0 Å². The van der Waals surface area contributed by atoms with Crippen molar-refractivity contribution in [2.24, 2.45) is 5.41 Å². The summed E-state index contributed by atoms with van der Waals surface area (Å²) in [5.41, 5.74) is 21.8.